The van der Waals surface area contributed by atoms with Gasteiger partial charge < -0.3 is 10.0 Å². The van der Waals surface area contributed by atoms with E-state index in [0.717, 1.165) is 17.8 Å². The first-order chi connectivity index (χ1) is 10.3. The van der Waals surface area contributed by atoms with Crippen LogP contribution < -0.4 is 0 Å². The van der Waals surface area contributed by atoms with Crippen LogP contribution in [0.5, 0.6) is 0 Å². The van der Waals surface area contributed by atoms with Gasteiger partial charge in [0.25, 0.3) is 5.91 Å². The van der Waals surface area contributed by atoms with E-state index in [-0.39, 0.29) is 17.2 Å². The molecule has 8 heteroatoms. The van der Waals surface area contributed by atoms with Crippen LogP contribution in [0.25, 0.3) is 0 Å². The van der Waals surface area contributed by atoms with Crippen molar-refractivity contribution in [1.29, 1.82) is 0 Å². The molecule has 2 aromatic heterocycles. The van der Waals surface area contributed by atoms with E-state index in [4.69, 9.17) is 0 Å². The molecule has 2 aromatic rings. The number of aromatic nitrogens is 4. The van der Waals surface area contributed by atoms with Crippen molar-refractivity contribution in [3.8, 4) is 0 Å². The number of amides is 1. The zero-order valence-corrected chi connectivity index (χ0v) is 13.1. The van der Waals surface area contributed by atoms with E-state index in [1.54, 1.807) is 11.7 Å². The lowest BCUT2D eigenvalue weighted by Gasteiger charge is -2.16. The predicted octanol–water partition coefficient (Wildman–Crippen LogP) is 0.915. The second-order valence-electron chi connectivity index (χ2n) is 5.09. The Morgan fingerprint density at radius 3 is 2.64 bits per heavy atom. The molecule has 22 heavy (non-hydrogen) atoms. The van der Waals surface area contributed by atoms with E-state index in [9.17, 15) is 14.7 Å². The minimum atomic E-state index is -1.17. The Balaban J connectivity index is 2.22. The minimum Gasteiger partial charge on any atom is -0.477 e. The molecule has 0 radical (unpaired) electrons. The van der Waals surface area contributed by atoms with E-state index in [1.165, 1.54) is 22.8 Å². The highest BCUT2D eigenvalue weighted by Gasteiger charge is 2.24. The standard InChI is InChI=1S/C14H19N5O3/c1-5-19-8-10(9(2)16-19)7-17(3)13(20)11-6-15-18(4)12(11)14(21)22/h6,8H,5,7H2,1-4H3,(H,21,22). The lowest BCUT2D eigenvalue weighted by atomic mass is 10.2. The fourth-order valence-corrected chi connectivity index (χ4v) is 2.26. The molecule has 0 aromatic carbocycles. The molecule has 0 bridgehead atoms. The van der Waals surface area contributed by atoms with Gasteiger partial charge >= 0.3 is 5.97 Å². The Hall–Kier alpha value is -2.64. The Morgan fingerprint density at radius 1 is 1.41 bits per heavy atom. The Bertz CT molecular complexity index is 716. The highest BCUT2D eigenvalue weighted by Crippen LogP contribution is 2.14. The van der Waals surface area contributed by atoms with Gasteiger partial charge in [0.1, 0.15) is 0 Å². The summed E-state index contributed by atoms with van der Waals surface area (Å²) < 4.78 is 2.99. The average molecular weight is 305 g/mol. The second-order valence-corrected chi connectivity index (χ2v) is 5.09. The van der Waals surface area contributed by atoms with Crippen LogP contribution >= 0.6 is 0 Å². The largest absolute Gasteiger partial charge is 0.477 e. The number of rotatable bonds is 5. The first-order valence-corrected chi connectivity index (χ1v) is 6.88. The summed E-state index contributed by atoms with van der Waals surface area (Å²) in [6.07, 6.45) is 3.17. The first kappa shape index (κ1) is 15.7. The van der Waals surface area contributed by atoms with Gasteiger partial charge in [-0.15, -0.1) is 0 Å². The number of carboxylic acid groups (broad SMARTS) is 1. The third kappa shape index (κ3) is 2.85. The van der Waals surface area contributed by atoms with Crippen molar-refractivity contribution in [3.05, 3.63) is 34.9 Å². The fraction of sp³-hybridized carbons (Fsp3) is 0.429. The third-order valence-electron chi connectivity index (χ3n) is 3.50. The van der Waals surface area contributed by atoms with E-state index in [1.807, 2.05) is 20.0 Å². The van der Waals surface area contributed by atoms with Crippen LogP contribution in [0.2, 0.25) is 0 Å². The molecule has 0 aliphatic heterocycles. The van der Waals surface area contributed by atoms with Crippen LogP contribution in [-0.2, 0) is 20.1 Å². The molecule has 0 saturated heterocycles. The Kier molecular flexibility index (Phi) is 4.30. The van der Waals surface area contributed by atoms with Crippen molar-refractivity contribution in [2.24, 2.45) is 7.05 Å². The van der Waals surface area contributed by atoms with Crippen LogP contribution in [0.1, 0.15) is 39.0 Å². The quantitative estimate of drug-likeness (QED) is 0.886. The molecule has 8 nitrogen and oxygen atoms in total. The maximum Gasteiger partial charge on any atom is 0.354 e. The van der Waals surface area contributed by atoms with Crippen molar-refractivity contribution < 1.29 is 14.7 Å². The predicted molar refractivity (Wildman–Crippen MR) is 78.6 cm³/mol. The summed E-state index contributed by atoms with van der Waals surface area (Å²) in [5.74, 6) is -1.55. The van der Waals surface area contributed by atoms with Crippen molar-refractivity contribution in [3.63, 3.8) is 0 Å². The van der Waals surface area contributed by atoms with Gasteiger partial charge in [-0.1, -0.05) is 0 Å². The van der Waals surface area contributed by atoms with Gasteiger partial charge in [-0.2, -0.15) is 10.2 Å². The van der Waals surface area contributed by atoms with Crippen molar-refractivity contribution in [2.45, 2.75) is 26.9 Å². The molecule has 0 aliphatic carbocycles. The number of nitrogens with zero attached hydrogens (tertiary/aromatic N) is 5. The number of hydrogen-bond acceptors (Lipinski definition) is 4. The number of aromatic carboxylic acids is 1. The summed E-state index contributed by atoms with van der Waals surface area (Å²) in [5.41, 5.74) is 1.75. The normalized spacial score (nSPS) is 10.7. The topological polar surface area (TPSA) is 93.2 Å². The van der Waals surface area contributed by atoms with Gasteiger partial charge in [-0.3, -0.25) is 14.2 Å². The molecule has 118 valence electrons. The van der Waals surface area contributed by atoms with Crippen LogP contribution in [0.15, 0.2) is 12.4 Å². The summed E-state index contributed by atoms with van der Waals surface area (Å²) in [5, 5.41) is 17.4. The molecule has 0 atom stereocenters. The summed E-state index contributed by atoms with van der Waals surface area (Å²) in [4.78, 5) is 25.2. The minimum absolute atomic E-state index is 0.0815. The van der Waals surface area contributed by atoms with E-state index in [0.29, 0.717) is 6.54 Å². The van der Waals surface area contributed by atoms with Crippen molar-refractivity contribution in [1.82, 2.24) is 24.5 Å². The molecule has 0 saturated carbocycles. The molecule has 0 spiro atoms. The number of aryl methyl sites for hydroxylation is 3. The molecule has 2 rings (SSSR count). The lowest BCUT2D eigenvalue weighted by Crippen LogP contribution is -2.28. The van der Waals surface area contributed by atoms with Crippen LogP contribution in [0.3, 0.4) is 0 Å². The van der Waals surface area contributed by atoms with Crippen molar-refractivity contribution >= 4 is 11.9 Å². The molecule has 1 N–H and O–H groups in total. The number of hydrogen-bond donors (Lipinski definition) is 1. The second kappa shape index (κ2) is 6.00. The third-order valence-corrected chi connectivity index (χ3v) is 3.50. The maximum atomic E-state index is 12.5. The Labute approximate surface area is 127 Å². The molecule has 2 heterocycles. The average Bonchev–Trinajstić information content (AvgIpc) is 3.01. The summed E-state index contributed by atoms with van der Waals surface area (Å²) >= 11 is 0. The van der Waals surface area contributed by atoms with Gasteiger partial charge in [0.05, 0.1) is 17.5 Å². The maximum absolute atomic E-state index is 12.5. The fourth-order valence-electron chi connectivity index (χ4n) is 2.26. The molecule has 0 unspecified atom stereocenters. The molecule has 0 fully saturated rings. The SMILES string of the molecule is CCn1cc(CN(C)C(=O)c2cnn(C)c2C(=O)O)c(C)n1. The van der Waals surface area contributed by atoms with Gasteiger partial charge in [0.2, 0.25) is 0 Å². The lowest BCUT2D eigenvalue weighted by molar-refractivity contribution is 0.0669. The highest BCUT2D eigenvalue weighted by atomic mass is 16.4. The number of carboxylic acids is 1. The monoisotopic (exact) mass is 305 g/mol. The highest BCUT2D eigenvalue weighted by molar-refractivity contribution is 6.03. The summed E-state index contributed by atoms with van der Waals surface area (Å²) in [6.45, 7) is 4.98. The van der Waals surface area contributed by atoms with Gasteiger partial charge in [-0.05, 0) is 13.8 Å². The zero-order chi connectivity index (χ0) is 16.4. The first-order valence-electron chi connectivity index (χ1n) is 6.88. The van der Waals surface area contributed by atoms with E-state index in [2.05, 4.69) is 10.2 Å². The molecule has 1 amide bonds. The molecular weight excluding hydrogens is 286 g/mol. The number of carbonyl (C=O) groups excluding carboxylic acids is 1. The molecular formula is C14H19N5O3. The summed E-state index contributed by atoms with van der Waals surface area (Å²) in [7, 11) is 3.12. The smallest absolute Gasteiger partial charge is 0.354 e. The van der Waals surface area contributed by atoms with Gasteiger partial charge in [0, 0.05) is 38.9 Å². The summed E-state index contributed by atoms with van der Waals surface area (Å²) in [6, 6.07) is 0. The van der Waals surface area contributed by atoms with E-state index >= 15 is 0 Å². The van der Waals surface area contributed by atoms with Crippen LogP contribution in [-0.4, -0.2) is 48.5 Å². The Morgan fingerprint density at radius 2 is 2.09 bits per heavy atom. The molecule has 0 aliphatic rings. The van der Waals surface area contributed by atoms with Crippen LogP contribution in [0, 0.1) is 6.92 Å². The van der Waals surface area contributed by atoms with Gasteiger partial charge in [-0.25, -0.2) is 4.79 Å². The van der Waals surface area contributed by atoms with Crippen LogP contribution in [0.4, 0.5) is 0 Å². The zero-order valence-electron chi connectivity index (χ0n) is 13.1. The van der Waals surface area contributed by atoms with Gasteiger partial charge in [0.15, 0.2) is 5.69 Å². The van der Waals surface area contributed by atoms with E-state index < -0.39 is 5.97 Å². The number of carbonyl (C=O) groups is 2. The van der Waals surface area contributed by atoms with Crippen molar-refractivity contribution in [2.75, 3.05) is 7.05 Å².